The highest BCUT2D eigenvalue weighted by atomic mass is 32.1. The van der Waals surface area contributed by atoms with Crippen molar-refractivity contribution in [3.05, 3.63) is 65.7 Å². The number of para-hydroxylation sites is 1. The van der Waals surface area contributed by atoms with E-state index in [-0.39, 0.29) is 6.04 Å². The lowest BCUT2D eigenvalue weighted by Crippen LogP contribution is -2.36. The molecule has 0 heterocycles. The van der Waals surface area contributed by atoms with Crippen LogP contribution in [0.3, 0.4) is 0 Å². The molecule has 3 nitrogen and oxygen atoms in total. The van der Waals surface area contributed by atoms with Crippen molar-refractivity contribution in [2.24, 2.45) is 0 Å². The van der Waals surface area contributed by atoms with Crippen LogP contribution >= 0.6 is 12.2 Å². The number of thiocarbonyl (C=S) groups is 1. The molecule has 4 heteroatoms. The third-order valence-corrected chi connectivity index (χ3v) is 3.90. The second-order valence-corrected chi connectivity index (χ2v) is 5.95. The Kier molecular flexibility index (Phi) is 5.92. The molecule has 0 aliphatic carbocycles. The van der Waals surface area contributed by atoms with Crippen LogP contribution in [0, 0.1) is 6.92 Å². The average Bonchev–Trinajstić information content (AvgIpc) is 2.50. The lowest BCUT2D eigenvalue weighted by Gasteiger charge is -2.26. The van der Waals surface area contributed by atoms with Crippen LogP contribution in [0.5, 0.6) is 0 Å². The molecule has 0 spiro atoms. The third-order valence-electron chi connectivity index (χ3n) is 3.66. The van der Waals surface area contributed by atoms with E-state index in [1.54, 1.807) is 0 Å². The van der Waals surface area contributed by atoms with Crippen molar-refractivity contribution in [1.82, 2.24) is 10.2 Å². The van der Waals surface area contributed by atoms with Crippen molar-refractivity contribution in [1.29, 1.82) is 0 Å². The van der Waals surface area contributed by atoms with Crippen molar-refractivity contribution >= 4 is 23.0 Å². The van der Waals surface area contributed by atoms with Crippen LogP contribution in [0.1, 0.15) is 17.2 Å². The predicted octanol–water partition coefficient (Wildman–Crippen LogP) is 3.58. The summed E-state index contributed by atoms with van der Waals surface area (Å²) in [5, 5.41) is 7.22. The van der Waals surface area contributed by atoms with Crippen LogP contribution in [-0.4, -0.2) is 30.7 Å². The molecule has 0 saturated heterocycles. The minimum Gasteiger partial charge on any atom is -0.361 e. The van der Waals surface area contributed by atoms with Crippen molar-refractivity contribution in [2.75, 3.05) is 26.0 Å². The van der Waals surface area contributed by atoms with E-state index in [9.17, 15) is 0 Å². The van der Waals surface area contributed by atoms with Crippen molar-refractivity contribution in [3.8, 4) is 0 Å². The highest BCUT2D eigenvalue weighted by Crippen LogP contribution is 2.17. The van der Waals surface area contributed by atoms with Crippen LogP contribution in [0.2, 0.25) is 0 Å². The molecule has 0 aliphatic rings. The number of rotatable bonds is 5. The summed E-state index contributed by atoms with van der Waals surface area (Å²) in [6.07, 6.45) is 0. The van der Waals surface area contributed by atoms with Crippen LogP contribution in [-0.2, 0) is 0 Å². The van der Waals surface area contributed by atoms with Gasteiger partial charge in [0.15, 0.2) is 5.11 Å². The van der Waals surface area contributed by atoms with Crippen molar-refractivity contribution < 1.29 is 0 Å². The normalized spacial score (nSPS) is 12.0. The number of hydrogen-bond donors (Lipinski definition) is 2. The fourth-order valence-corrected chi connectivity index (χ4v) is 2.54. The summed E-state index contributed by atoms with van der Waals surface area (Å²) in [5.74, 6) is 0. The predicted molar refractivity (Wildman–Crippen MR) is 98.3 cm³/mol. The number of nitrogens with one attached hydrogen (secondary N) is 2. The number of anilines is 1. The third kappa shape index (κ3) is 4.55. The quantitative estimate of drug-likeness (QED) is 0.825. The molecule has 0 aromatic heterocycles. The number of likely N-dealkylation sites (N-methyl/N-ethyl adjacent to an activating group) is 1. The molecule has 0 saturated carbocycles. The van der Waals surface area contributed by atoms with E-state index in [0.29, 0.717) is 5.11 Å². The molecular weight excluding hydrogens is 290 g/mol. The van der Waals surface area contributed by atoms with E-state index in [1.807, 2.05) is 24.3 Å². The molecule has 2 N–H and O–H groups in total. The summed E-state index contributed by atoms with van der Waals surface area (Å²) in [6, 6.07) is 18.9. The lowest BCUT2D eigenvalue weighted by atomic mass is 10.1. The highest BCUT2D eigenvalue weighted by molar-refractivity contribution is 7.80. The van der Waals surface area contributed by atoms with E-state index in [1.165, 1.54) is 11.1 Å². The van der Waals surface area contributed by atoms with Crippen LogP contribution in [0.25, 0.3) is 0 Å². The molecule has 0 amide bonds. The first-order valence-corrected chi connectivity index (χ1v) is 7.80. The first kappa shape index (κ1) is 16.5. The second-order valence-electron chi connectivity index (χ2n) is 5.54. The van der Waals surface area contributed by atoms with E-state index < -0.39 is 0 Å². The monoisotopic (exact) mass is 313 g/mol. The molecule has 2 aromatic rings. The van der Waals surface area contributed by atoms with Gasteiger partial charge >= 0.3 is 0 Å². The Balaban J connectivity index is 1.95. The van der Waals surface area contributed by atoms with Gasteiger partial charge in [-0.3, -0.25) is 0 Å². The molecule has 0 radical (unpaired) electrons. The van der Waals surface area contributed by atoms with Gasteiger partial charge in [-0.05, 0) is 50.4 Å². The zero-order chi connectivity index (χ0) is 15.9. The number of nitrogens with zero attached hydrogens (tertiary/aromatic N) is 1. The Labute approximate surface area is 138 Å². The van der Waals surface area contributed by atoms with Gasteiger partial charge in [0.05, 0.1) is 6.04 Å². The van der Waals surface area contributed by atoms with Gasteiger partial charge in [0.1, 0.15) is 0 Å². The molecule has 0 bridgehead atoms. The Morgan fingerprint density at radius 2 is 1.68 bits per heavy atom. The number of hydrogen-bond acceptors (Lipinski definition) is 2. The largest absolute Gasteiger partial charge is 0.361 e. The van der Waals surface area contributed by atoms with Gasteiger partial charge in [-0.2, -0.15) is 0 Å². The average molecular weight is 313 g/mol. The zero-order valence-corrected chi connectivity index (χ0v) is 14.2. The van der Waals surface area contributed by atoms with Crippen LogP contribution in [0.4, 0.5) is 5.69 Å². The number of benzene rings is 2. The van der Waals surface area contributed by atoms with Gasteiger partial charge < -0.3 is 15.5 Å². The van der Waals surface area contributed by atoms with E-state index >= 15 is 0 Å². The topological polar surface area (TPSA) is 27.3 Å². The van der Waals surface area contributed by atoms with Gasteiger partial charge in [-0.15, -0.1) is 0 Å². The van der Waals surface area contributed by atoms with Crippen LogP contribution < -0.4 is 10.6 Å². The maximum atomic E-state index is 5.41. The van der Waals surface area contributed by atoms with E-state index in [4.69, 9.17) is 12.2 Å². The first-order valence-electron chi connectivity index (χ1n) is 7.40. The summed E-state index contributed by atoms with van der Waals surface area (Å²) >= 11 is 5.41. The smallest absolute Gasteiger partial charge is 0.170 e. The molecule has 0 fully saturated rings. The van der Waals surface area contributed by atoms with Gasteiger partial charge in [0.25, 0.3) is 0 Å². The van der Waals surface area contributed by atoms with E-state index in [0.717, 1.165) is 12.2 Å². The molecule has 116 valence electrons. The Bertz CT molecular complexity index is 611. The SMILES string of the molecule is Cc1ccccc1NC(=S)NCC(c1ccccc1)N(C)C. The van der Waals surface area contributed by atoms with Gasteiger partial charge in [-0.25, -0.2) is 0 Å². The van der Waals surface area contributed by atoms with Crippen LogP contribution in [0.15, 0.2) is 54.6 Å². The van der Waals surface area contributed by atoms with Gasteiger partial charge in [-0.1, -0.05) is 48.5 Å². The summed E-state index contributed by atoms with van der Waals surface area (Å²) in [7, 11) is 4.16. The molecule has 2 aromatic carbocycles. The van der Waals surface area contributed by atoms with E-state index in [2.05, 4.69) is 66.9 Å². The fourth-order valence-electron chi connectivity index (χ4n) is 2.34. The molecule has 0 aliphatic heterocycles. The maximum Gasteiger partial charge on any atom is 0.170 e. The molecule has 22 heavy (non-hydrogen) atoms. The summed E-state index contributed by atoms with van der Waals surface area (Å²) < 4.78 is 0. The Morgan fingerprint density at radius 1 is 1.05 bits per heavy atom. The molecular formula is C18H23N3S. The Morgan fingerprint density at radius 3 is 2.32 bits per heavy atom. The molecule has 1 atom stereocenters. The fraction of sp³-hybridized carbons (Fsp3) is 0.278. The summed E-state index contributed by atoms with van der Waals surface area (Å²) in [5.41, 5.74) is 3.50. The standard InChI is InChI=1S/C18H23N3S/c1-14-9-7-8-12-16(14)20-18(22)19-13-17(21(2)3)15-10-5-4-6-11-15/h4-12,17H,13H2,1-3H3,(H2,19,20,22). The molecule has 2 rings (SSSR count). The minimum absolute atomic E-state index is 0.276. The molecule has 1 unspecified atom stereocenters. The Hall–Kier alpha value is -1.91. The van der Waals surface area contributed by atoms with Crippen molar-refractivity contribution in [2.45, 2.75) is 13.0 Å². The van der Waals surface area contributed by atoms with Gasteiger partial charge in [0, 0.05) is 12.2 Å². The minimum atomic E-state index is 0.276. The maximum absolute atomic E-state index is 5.41. The summed E-state index contributed by atoms with van der Waals surface area (Å²) in [4.78, 5) is 2.19. The highest BCUT2D eigenvalue weighted by Gasteiger charge is 2.14. The van der Waals surface area contributed by atoms with Gasteiger partial charge in [0.2, 0.25) is 0 Å². The zero-order valence-electron chi connectivity index (χ0n) is 13.3. The number of aryl methyl sites for hydroxylation is 1. The first-order chi connectivity index (χ1) is 10.6. The van der Waals surface area contributed by atoms with Crippen molar-refractivity contribution in [3.63, 3.8) is 0 Å². The second kappa shape index (κ2) is 7.92. The summed E-state index contributed by atoms with van der Waals surface area (Å²) in [6.45, 7) is 2.83. The lowest BCUT2D eigenvalue weighted by molar-refractivity contribution is 0.299.